The summed E-state index contributed by atoms with van der Waals surface area (Å²) < 4.78 is 28.1. The van der Waals surface area contributed by atoms with Crippen LogP contribution >= 0.6 is 0 Å². The first-order chi connectivity index (χ1) is 10.9. The standard InChI is InChI=1S/C18H28N2O2S/c1-4-11-19-13-10-18(14-19)16-7-5-6-8-17(16)23(21,22)20(18)12-9-15(2)3/h5-8,15H,4,9-14H2,1-3H3. The van der Waals surface area contributed by atoms with Crippen LogP contribution in [0.2, 0.25) is 0 Å². The van der Waals surface area contributed by atoms with Crippen molar-refractivity contribution in [3.63, 3.8) is 0 Å². The molecule has 1 saturated heterocycles. The topological polar surface area (TPSA) is 40.6 Å². The van der Waals surface area contributed by atoms with Gasteiger partial charge in [0.1, 0.15) is 0 Å². The van der Waals surface area contributed by atoms with Crippen LogP contribution in [0.3, 0.4) is 0 Å². The highest BCUT2D eigenvalue weighted by Gasteiger charge is 2.56. The zero-order chi connectivity index (χ0) is 16.7. The van der Waals surface area contributed by atoms with Gasteiger partial charge in [0.05, 0.1) is 10.4 Å². The molecule has 1 aromatic rings. The maximum absolute atomic E-state index is 13.1. The summed E-state index contributed by atoms with van der Waals surface area (Å²) in [6, 6.07) is 7.63. The van der Waals surface area contributed by atoms with Gasteiger partial charge in [-0.25, -0.2) is 8.42 Å². The van der Waals surface area contributed by atoms with Crippen LogP contribution in [-0.2, 0) is 15.6 Å². The maximum Gasteiger partial charge on any atom is 0.244 e. The molecule has 128 valence electrons. The van der Waals surface area contributed by atoms with Crippen molar-refractivity contribution in [3.05, 3.63) is 29.8 Å². The molecular weight excluding hydrogens is 308 g/mol. The van der Waals surface area contributed by atoms with Gasteiger partial charge in [-0.3, -0.25) is 0 Å². The van der Waals surface area contributed by atoms with Gasteiger partial charge in [0.2, 0.25) is 10.0 Å². The summed E-state index contributed by atoms with van der Waals surface area (Å²) in [4.78, 5) is 2.95. The number of hydrogen-bond acceptors (Lipinski definition) is 3. The zero-order valence-electron chi connectivity index (χ0n) is 14.5. The SMILES string of the molecule is CCCN1CCC2(C1)c1ccccc1S(=O)(=O)N2CCC(C)C. The molecule has 0 amide bonds. The fourth-order valence-electron chi connectivity index (χ4n) is 4.07. The van der Waals surface area contributed by atoms with E-state index in [9.17, 15) is 8.42 Å². The van der Waals surface area contributed by atoms with E-state index in [1.807, 2.05) is 22.5 Å². The van der Waals surface area contributed by atoms with Gasteiger partial charge in [0.15, 0.2) is 0 Å². The highest BCUT2D eigenvalue weighted by Crippen LogP contribution is 2.49. The number of likely N-dealkylation sites (tertiary alicyclic amines) is 1. The third-order valence-corrected chi connectivity index (χ3v) is 7.23. The van der Waals surface area contributed by atoms with Gasteiger partial charge in [0.25, 0.3) is 0 Å². The van der Waals surface area contributed by atoms with Crippen LogP contribution in [0, 0.1) is 5.92 Å². The molecular formula is C18H28N2O2S. The molecule has 2 aliphatic heterocycles. The molecule has 2 heterocycles. The van der Waals surface area contributed by atoms with Crippen LogP contribution in [0.15, 0.2) is 29.2 Å². The summed E-state index contributed by atoms with van der Waals surface area (Å²) in [7, 11) is -3.37. The van der Waals surface area contributed by atoms with E-state index in [2.05, 4.69) is 25.7 Å². The summed E-state index contributed by atoms with van der Waals surface area (Å²) in [6.45, 7) is 9.96. The van der Waals surface area contributed by atoms with Crippen molar-refractivity contribution < 1.29 is 8.42 Å². The van der Waals surface area contributed by atoms with Crippen molar-refractivity contribution in [2.75, 3.05) is 26.2 Å². The number of sulfonamides is 1. The minimum atomic E-state index is -3.37. The quantitative estimate of drug-likeness (QED) is 0.830. The fourth-order valence-corrected chi connectivity index (χ4v) is 6.15. The van der Waals surface area contributed by atoms with Gasteiger partial charge in [-0.15, -0.1) is 0 Å². The van der Waals surface area contributed by atoms with Gasteiger partial charge in [0, 0.05) is 19.6 Å². The molecule has 1 atom stereocenters. The predicted octanol–water partition coefficient (Wildman–Crippen LogP) is 3.05. The van der Waals surface area contributed by atoms with E-state index < -0.39 is 10.0 Å². The Morgan fingerprint density at radius 2 is 1.96 bits per heavy atom. The summed E-state index contributed by atoms with van der Waals surface area (Å²) in [6.07, 6.45) is 2.92. The monoisotopic (exact) mass is 336 g/mol. The van der Waals surface area contributed by atoms with E-state index >= 15 is 0 Å². The highest BCUT2D eigenvalue weighted by molar-refractivity contribution is 7.89. The Morgan fingerprint density at radius 3 is 2.65 bits per heavy atom. The molecule has 1 spiro atoms. The number of fused-ring (bicyclic) bond motifs is 2. The van der Waals surface area contributed by atoms with E-state index in [0.717, 1.165) is 44.5 Å². The largest absolute Gasteiger partial charge is 0.301 e. The summed E-state index contributed by atoms with van der Waals surface area (Å²) >= 11 is 0. The van der Waals surface area contributed by atoms with Crippen LogP contribution in [0.5, 0.6) is 0 Å². The highest BCUT2D eigenvalue weighted by atomic mass is 32.2. The fraction of sp³-hybridized carbons (Fsp3) is 0.667. The van der Waals surface area contributed by atoms with E-state index in [1.54, 1.807) is 6.07 Å². The lowest BCUT2D eigenvalue weighted by Gasteiger charge is -2.34. The predicted molar refractivity (Wildman–Crippen MR) is 92.8 cm³/mol. The second-order valence-electron chi connectivity index (χ2n) is 7.31. The molecule has 23 heavy (non-hydrogen) atoms. The molecule has 0 aliphatic carbocycles. The third kappa shape index (κ3) is 2.73. The Hall–Kier alpha value is -0.910. The van der Waals surface area contributed by atoms with Crippen molar-refractivity contribution in [3.8, 4) is 0 Å². The van der Waals surface area contributed by atoms with E-state index in [4.69, 9.17) is 0 Å². The van der Waals surface area contributed by atoms with Gasteiger partial charge >= 0.3 is 0 Å². The van der Waals surface area contributed by atoms with Crippen molar-refractivity contribution >= 4 is 10.0 Å². The number of nitrogens with zero attached hydrogens (tertiary/aromatic N) is 2. The molecule has 0 radical (unpaired) electrons. The minimum absolute atomic E-state index is 0.348. The van der Waals surface area contributed by atoms with Gasteiger partial charge in [-0.2, -0.15) is 4.31 Å². The Labute approximate surface area is 140 Å². The van der Waals surface area contributed by atoms with Crippen molar-refractivity contribution in [1.82, 2.24) is 9.21 Å². The molecule has 1 unspecified atom stereocenters. The third-order valence-electron chi connectivity index (χ3n) is 5.21. The molecule has 5 heteroatoms. The molecule has 0 bridgehead atoms. The molecule has 0 aromatic heterocycles. The average Bonchev–Trinajstić information content (AvgIpc) is 2.99. The van der Waals surface area contributed by atoms with Crippen LogP contribution in [0.4, 0.5) is 0 Å². The molecule has 1 fully saturated rings. The lowest BCUT2D eigenvalue weighted by molar-refractivity contribution is 0.186. The number of hydrogen-bond donors (Lipinski definition) is 0. The Balaban J connectivity index is 2.03. The summed E-state index contributed by atoms with van der Waals surface area (Å²) in [5.74, 6) is 0.499. The smallest absolute Gasteiger partial charge is 0.244 e. The van der Waals surface area contributed by atoms with Crippen LogP contribution in [0.25, 0.3) is 0 Å². The van der Waals surface area contributed by atoms with E-state index in [-0.39, 0.29) is 5.54 Å². The molecule has 0 N–H and O–H groups in total. The molecule has 4 nitrogen and oxygen atoms in total. The van der Waals surface area contributed by atoms with Gasteiger partial charge < -0.3 is 4.90 Å². The normalized spacial score (nSPS) is 27.1. The maximum atomic E-state index is 13.1. The number of benzene rings is 1. The molecule has 0 saturated carbocycles. The first-order valence-corrected chi connectivity index (χ1v) is 10.2. The van der Waals surface area contributed by atoms with Gasteiger partial charge in [-0.05, 0) is 43.4 Å². The van der Waals surface area contributed by atoms with Gasteiger partial charge in [-0.1, -0.05) is 39.0 Å². The van der Waals surface area contributed by atoms with E-state index in [0.29, 0.717) is 17.4 Å². The van der Waals surface area contributed by atoms with Crippen LogP contribution in [0.1, 0.15) is 45.6 Å². The number of rotatable bonds is 5. The molecule has 3 rings (SSSR count). The summed E-state index contributed by atoms with van der Waals surface area (Å²) in [5, 5.41) is 0. The van der Waals surface area contributed by atoms with E-state index in [1.165, 1.54) is 0 Å². The van der Waals surface area contributed by atoms with Crippen molar-refractivity contribution in [2.45, 2.75) is 50.5 Å². The first kappa shape index (κ1) is 16.9. The van der Waals surface area contributed by atoms with Crippen molar-refractivity contribution in [2.24, 2.45) is 5.92 Å². The lowest BCUT2D eigenvalue weighted by atomic mass is 9.88. The van der Waals surface area contributed by atoms with Crippen molar-refractivity contribution in [1.29, 1.82) is 0 Å². The Morgan fingerprint density at radius 1 is 1.22 bits per heavy atom. The lowest BCUT2D eigenvalue weighted by Crippen LogP contribution is -2.46. The van der Waals surface area contributed by atoms with Crippen LogP contribution < -0.4 is 0 Å². The zero-order valence-corrected chi connectivity index (χ0v) is 15.3. The molecule has 2 aliphatic rings. The van der Waals surface area contributed by atoms with Crippen LogP contribution in [-0.4, -0.2) is 43.8 Å². The Kier molecular flexibility index (Phi) is 4.55. The first-order valence-electron chi connectivity index (χ1n) is 8.76. The second-order valence-corrected chi connectivity index (χ2v) is 9.14. The molecule has 1 aromatic carbocycles. The minimum Gasteiger partial charge on any atom is -0.301 e. The summed E-state index contributed by atoms with van der Waals surface area (Å²) in [5.41, 5.74) is 0.668. The second kappa shape index (κ2) is 6.19. The average molecular weight is 337 g/mol. The Bertz CT molecular complexity index is 671.